The third-order valence-corrected chi connectivity index (χ3v) is 3.92. The van der Waals surface area contributed by atoms with Crippen molar-refractivity contribution < 1.29 is 9.50 Å². The molecule has 0 bridgehead atoms. The van der Waals surface area contributed by atoms with Crippen LogP contribution in [0.1, 0.15) is 22.8 Å². The second-order valence-electron chi connectivity index (χ2n) is 4.10. The van der Waals surface area contributed by atoms with Gasteiger partial charge in [0.05, 0.1) is 5.02 Å². The van der Waals surface area contributed by atoms with Gasteiger partial charge in [-0.2, -0.15) is 0 Å². The number of hydrogen-bond acceptors (Lipinski definition) is 1. The van der Waals surface area contributed by atoms with Gasteiger partial charge < -0.3 is 5.11 Å². The molecule has 1 N–H and O–H groups in total. The summed E-state index contributed by atoms with van der Waals surface area (Å²) in [6.07, 6.45) is -1.02. The van der Waals surface area contributed by atoms with E-state index in [1.807, 2.05) is 19.1 Å². The molecule has 1 unspecified atom stereocenters. The van der Waals surface area contributed by atoms with Gasteiger partial charge in [-0.25, -0.2) is 4.39 Å². The molecule has 4 heteroatoms. The molecule has 0 aromatic heterocycles. The first-order valence-electron chi connectivity index (χ1n) is 5.38. The summed E-state index contributed by atoms with van der Waals surface area (Å²) in [6, 6.07) is 9.99. The lowest BCUT2D eigenvalue weighted by Crippen LogP contribution is -2.03. The van der Waals surface area contributed by atoms with E-state index < -0.39 is 11.9 Å². The molecule has 2 aromatic rings. The summed E-state index contributed by atoms with van der Waals surface area (Å²) in [7, 11) is 0. The van der Waals surface area contributed by atoms with Crippen molar-refractivity contribution in [3.8, 4) is 0 Å². The molecule has 0 aliphatic heterocycles. The maximum absolute atomic E-state index is 13.8. The monoisotopic (exact) mass is 328 g/mol. The maximum Gasteiger partial charge on any atom is 0.130 e. The van der Waals surface area contributed by atoms with Gasteiger partial charge >= 0.3 is 0 Å². The van der Waals surface area contributed by atoms with Crippen LogP contribution < -0.4 is 0 Å². The second kappa shape index (κ2) is 5.39. The van der Waals surface area contributed by atoms with Gasteiger partial charge in [-0.05, 0) is 40.5 Å². The Morgan fingerprint density at radius 3 is 2.44 bits per heavy atom. The summed E-state index contributed by atoms with van der Waals surface area (Å²) in [6.45, 7) is 1.95. The molecule has 0 aliphatic rings. The van der Waals surface area contributed by atoms with Gasteiger partial charge in [-0.3, -0.25) is 0 Å². The molecule has 2 rings (SSSR count). The largest absolute Gasteiger partial charge is 0.384 e. The molecule has 0 aliphatic carbocycles. The zero-order valence-electron chi connectivity index (χ0n) is 9.62. The summed E-state index contributed by atoms with van der Waals surface area (Å²) >= 11 is 9.06. The molecule has 0 radical (unpaired) electrons. The molecule has 0 saturated heterocycles. The van der Waals surface area contributed by atoms with Crippen LogP contribution in [0.5, 0.6) is 0 Å². The zero-order chi connectivity index (χ0) is 13.3. The number of benzene rings is 2. The fourth-order valence-corrected chi connectivity index (χ4v) is 2.16. The summed E-state index contributed by atoms with van der Waals surface area (Å²) in [4.78, 5) is 0. The van der Waals surface area contributed by atoms with E-state index in [1.165, 1.54) is 12.1 Å². The molecular formula is C14H11BrClFO. The Labute approximate surface area is 118 Å². The van der Waals surface area contributed by atoms with Crippen molar-refractivity contribution in [3.05, 3.63) is 68.4 Å². The average Bonchev–Trinajstić information content (AvgIpc) is 2.34. The Morgan fingerprint density at radius 2 is 1.83 bits per heavy atom. The predicted molar refractivity (Wildman–Crippen MR) is 74.4 cm³/mol. The lowest BCUT2D eigenvalue weighted by Gasteiger charge is -2.13. The van der Waals surface area contributed by atoms with E-state index in [9.17, 15) is 9.50 Å². The number of aliphatic hydroxyl groups is 1. The molecule has 18 heavy (non-hydrogen) atoms. The van der Waals surface area contributed by atoms with Gasteiger partial charge in [-0.1, -0.05) is 41.4 Å². The molecule has 1 atom stereocenters. The first-order chi connectivity index (χ1) is 8.49. The van der Waals surface area contributed by atoms with Crippen molar-refractivity contribution in [1.82, 2.24) is 0 Å². The Balaban J connectivity index is 2.42. The zero-order valence-corrected chi connectivity index (χ0v) is 12.0. The summed E-state index contributed by atoms with van der Waals surface area (Å²) < 4.78 is 14.3. The van der Waals surface area contributed by atoms with Gasteiger partial charge in [0.25, 0.3) is 0 Å². The fraction of sp³-hybridized carbons (Fsp3) is 0.143. The summed E-state index contributed by atoms with van der Waals surface area (Å²) in [5, 5.41) is 10.5. The van der Waals surface area contributed by atoms with Gasteiger partial charge in [0, 0.05) is 10.0 Å². The summed E-state index contributed by atoms with van der Waals surface area (Å²) in [5.74, 6) is -0.487. The Morgan fingerprint density at radius 1 is 1.22 bits per heavy atom. The Hall–Kier alpha value is -0.900. The van der Waals surface area contributed by atoms with Crippen LogP contribution in [0.4, 0.5) is 4.39 Å². The number of aryl methyl sites for hydroxylation is 1. The first kappa shape index (κ1) is 13.5. The van der Waals surface area contributed by atoms with E-state index in [0.717, 1.165) is 5.56 Å². The van der Waals surface area contributed by atoms with Crippen LogP contribution >= 0.6 is 27.5 Å². The fourth-order valence-electron chi connectivity index (χ4n) is 1.68. The standard InChI is InChI=1S/C14H11BrClFO/c1-8-2-4-9(5-3-8)14(18)10-6-12(16)11(15)7-13(10)17/h2-7,14,18H,1H3. The predicted octanol–water partition coefficient (Wildman–Crippen LogP) is 4.63. The van der Waals surface area contributed by atoms with Gasteiger partial charge in [-0.15, -0.1) is 0 Å². The van der Waals surface area contributed by atoms with E-state index in [4.69, 9.17) is 11.6 Å². The SMILES string of the molecule is Cc1ccc(C(O)c2cc(Cl)c(Br)cc2F)cc1. The highest BCUT2D eigenvalue weighted by atomic mass is 79.9. The minimum Gasteiger partial charge on any atom is -0.384 e. The Bertz CT molecular complexity index is 569. The van der Waals surface area contributed by atoms with E-state index in [-0.39, 0.29) is 5.56 Å². The van der Waals surface area contributed by atoms with Gasteiger partial charge in [0.1, 0.15) is 11.9 Å². The average molecular weight is 330 g/mol. The van der Waals surface area contributed by atoms with Crippen LogP contribution in [0, 0.1) is 12.7 Å². The highest BCUT2D eigenvalue weighted by Crippen LogP contribution is 2.31. The molecule has 0 heterocycles. The summed E-state index contributed by atoms with van der Waals surface area (Å²) in [5.41, 5.74) is 1.89. The maximum atomic E-state index is 13.8. The highest BCUT2D eigenvalue weighted by Gasteiger charge is 2.16. The molecule has 0 fully saturated rings. The van der Waals surface area contributed by atoms with Gasteiger partial charge in [0.15, 0.2) is 0 Å². The van der Waals surface area contributed by atoms with Crippen LogP contribution in [-0.2, 0) is 0 Å². The normalized spacial score (nSPS) is 12.5. The molecule has 94 valence electrons. The van der Waals surface area contributed by atoms with E-state index in [2.05, 4.69) is 15.9 Å². The third kappa shape index (κ3) is 2.74. The Kier molecular flexibility index (Phi) is 4.05. The topological polar surface area (TPSA) is 20.2 Å². The smallest absolute Gasteiger partial charge is 0.130 e. The minimum absolute atomic E-state index is 0.173. The van der Waals surface area contributed by atoms with Crippen molar-refractivity contribution in [3.63, 3.8) is 0 Å². The lowest BCUT2D eigenvalue weighted by atomic mass is 10.0. The molecule has 1 nitrogen and oxygen atoms in total. The van der Waals surface area contributed by atoms with Crippen LogP contribution in [0.15, 0.2) is 40.9 Å². The minimum atomic E-state index is -1.02. The quantitative estimate of drug-likeness (QED) is 0.796. The van der Waals surface area contributed by atoms with Gasteiger partial charge in [0.2, 0.25) is 0 Å². The number of hydrogen-bond donors (Lipinski definition) is 1. The van der Waals surface area contributed by atoms with Crippen LogP contribution in [-0.4, -0.2) is 5.11 Å². The second-order valence-corrected chi connectivity index (χ2v) is 5.36. The van der Waals surface area contributed by atoms with Crippen LogP contribution in [0.3, 0.4) is 0 Å². The number of aliphatic hydroxyl groups excluding tert-OH is 1. The van der Waals surface area contributed by atoms with Crippen molar-refractivity contribution in [2.75, 3.05) is 0 Å². The molecule has 0 amide bonds. The molecule has 2 aromatic carbocycles. The number of halogens is 3. The van der Waals surface area contributed by atoms with Crippen molar-refractivity contribution in [2.45, 2.75) is 13.0 Å². The van der Waals surface area contributed by atoms with E-state index in [0.29, 0.717) is 15.1 Å². The van der Waals surface area contributed by atoms with Crippen molar-refractivity contribution in [2.24, 2.45) is 0 Å². The van der Waals surface area contributed by atoms with Crippen molar-refractivity contribution in [1.29, 1.82) is 0 Å². The third-order valence-electron chi connectivity index (χ3n) is 2.73. The van der Waals surface area contributed by atoms with Crippen LogP contribution in [0.2, 0.25) is 5.02 Å². The van der Waals surface area contributed by atoms with Crippen LogP contribution in [0.25, 0.3) is 0 Å². The van der Waals surface area contributed by atoms with Crippen molar-refractivity contribution >= 4 is 27.5 Å². The molecular weight excluding hydrogens is 319 g/mol. The van der Waals surface area contributed by atoms with E-state index >= 15 is 0 Å². The number of rotatable bonds is 2. The molecule has 0 saturated carbocycles. The molecule has 0 spiro atoms. The first-order valence-corrected chi connectivity index (χ1v) is 6.55. The lowest BCUT2D eigenvalue weighted by molar-refractivity contribution is 0.215. The van der Waals surface area contributed by atoms with E-state index in [1.54, 1.807) is 12.1 Å². The highest BCUT2D eigenvalue weighted by molar-refractivity contribution is 9.10.